The first-order valence-corrected chi connectivity index (χ1v) is 12.2. The van der Waals surface area contributed by atoms with Crippen LogP contribution >= 0.6 is 0 Å². The molecule has 1 nitrogen and oxygen atoms in total. The standard InChI is InChI=1S/C28H40O/c1-3-7-23-10-12-24(13-11-23)8-5-6-9-25-14-16-26(17-15-25)27-18-20-28(21-19-27)29-22-4-2/h5,8,18-21,23-26H,3-4,7,10-17,22H2,1-2H3/b8-5+. The molecular weight excluding hydrogens is 352 g/mol. The van der Waals surface area contributed by atoms with E-state index in [-0.39, 0.29) is 0 Å². The average molecular weight is 393 g/mol. The first-order valence-electron chi connectivity index (χ1n) is 12.2. The van der Waals surface area contributed by atoms with Gasteiger partial charge in [-0.25, -0.2) is 0 Å². The van der Waals surface area contributed by atoms with Crippen LogP contribution in [-0.2, 0) is 0 Å². The van der Waals surface area contributed by atoms with Gasteiger partial charge in [-0.1, -0.05) is 56.7 Å². The summed E-state index contributed by atoms with van der Waals surface area (Å²) < 4.78 is 5.70. The minimum Gasteiger partial charge on any atom is -0.494 e. The van der Waals surface area contributed by atoms with Crippen LogP contribution in [0.5, 0.6) is 5.75 Å². The van der Waals surface area contributed by atoms with E-state index in [9.17, 15) is 0 Å². The molecule has 2 aliphatic carbocycles. The maximum atomic E-state index is 5.70. The average Bonchev–Trinajstić information content (AvgIpc) is 2.77. The third-order valence-corrected chi connectivity index (χ3v) is 6.88. The molecule has 2 aliphatic rings. The molecule has 0 radical (unpaired) electrons. The van der Waals surface area contributed by atoms with Gasteiger partial charge in [-0.2, -0.15) is 0 Å². The lowest BCUT2D eigenvalue weighted by Gasteiger charge is -2.26. The van der Waals surface area contributed by atoms with Gasteiger partial charge >= 0.3 is 0 Å². The number of hydrogen-bond donors (Lipinski definition) is 0. The molecule has 0 aromatic heterocycles. The van der Waals surface area contributed by atoms with Crippen molar-refractivity contribution in [3.63, 3.8) is 0 Å². The molecule has 0 N–H and O–H groups in total. The molecule has 1 heteroatoms. The van der Waals surface area contributed by atoms with Crippen LogP contribution in [-0.4, -0.2) is 6.61 Å². The van der Waals surface area contributed by atoms with Gasteiger partial charge in [0.05, 0.1) is 6.61 Å². The summed E-state index contributed by atoms with van der Waals surface area (Å²) in [5.41, 5.74) is 1.47. The van der Waals surface area contributed by atoms with Gasteiger partial charge in [0.15, 0.2) is 0 Å². The second kappa shape index (κ2) is 12.1. The van der Waals surface area contributed by atoms with Crippen molar-refractivity contribution in [2.24, 2.45) is 17.8 Å². The Hall–Kier alpha value is -1.68. The second-order valence-corrected chi connectivity index (χ2v) is 9.18. The third-order valence-electron chi connectivity index (χ3n) is 6.88. The SMILES string of the molecule is CCCOc1ccc(C2CCC(C#C/C=C/C3CCC(CCC)CC3)CC2)cc1. The number of hydrogen-bond acceptors (Lipinski definition) is 1. The Balaban J connectivity index is 1.38. The van der Waals surface area contributed by atoms with Crippen molar-refractivity contribution in [3.8, 4) is 17.6 Å². The van der Waals surface area contributed by atoms with Crippen molar-refractivity contribution in [2.75, 3.05) is 6.61 Å². The number of allylic oxidation sites excluding steroid dienone is 2. The summed E-state index contributed by atoms with van der Waals surface area (Å²) in [4.78, 5) is 0. The predicted molar refractivity (Wildman–Crippen MR) is 124 cm³/mol. The van der Waals surface area contributed by atoms with Crippen LogP contribution in [0.15, 0.2) is 36.4 Å². The summed E-state index contributed by atoms with van der Waals surface area (Å²) >= 11 is 0. The van der Waals surface area contributed by atoms with E-state index in [0.717, 1.165) is 30.6 Å². The van der Waals surface area contributed by atoms with Crippen molar-refractivity contribution in [1.29, 1.82) is 0 Å². The minimum atomic E-state index is 0.586. The Morgan fingerprint density at radius 3 is 2.28 bits per heavy atom. The lowest BCUT2D eigenvalue weighted by atomic mass is 9.79. The summed E-state index contributed by atoms with van der Waals surface area (Å²) in [5.74, 6) is 11.0. The van der Waals surface area contributed by atoms with E-state index in [1.165, 1.54) is 69.8 Å². The molecule has 29 heavy (non-hydrogen) atoms. The first-order chi connectivity index (χ1) is 14.3. The van der Waals surface area contributed by atoms with Gasteiger partial charge in [-0.3, -0.25) is 0 Å². The van der Waals surface area contributed by atoms with E-state index in [2.05, 4.69) is 62.1 Å². The van der Waals surface area contributed by atoms with Crippen molar-refractivity contribution in [1.82, 2.24) is 0 Å². The van der Waals surface area contributed by atoms with Crippen LogP contribution < -0.4 is 4.74 Å². The maximum absolute atomic E-state index is 5.70. The summed E-state index contributed by atoms with van der Waals surface area (Å²) in [7, 11) is 0. The molecule has 0 bridgehead atoms. The zero-order chi connectivity index (χ0) is 20.3. The molecule has 0 heterocycles. The fourth-order valence-corrected chi connectivity index (χ4v) is 5.05. The molecular formula is C28H40O. The van der Waals surface area contributed by atoms with E-state index in [4.69, 9.17) is 4.74 Å². The highest BCUT2D eigenvalue weighted by Gasteiger charge is 2.21. The van der Waals surface area contributed by atoms with Crippen LogP contribution in [0.3, 0.4) is 0 Å². The van der Waals surface area contributed by atoms with Gasteiger partial charge in [0.2, 0.25) is 0 Å². The molecule has 0 unspecified atom stereocenters. The largest absolute Gasteiger partial charge is 0.494 e. The highest BCUT2D eigenvalue weighted by atomic mass is 16.5. The zero-order valence-corrected chi connectivity index (χ0v) is 18.7. The molecule has 0 saturated heterocycles. The van der Waals surface area contributed by atoms with Gasteiger partial charge < -0.3 is 4.74 Å². The van der Waals surface area contributed by atoms with Gasteiger partial charge in [-0.05, 0) is 99.3 Å². The molecule has 158 valence electrons. The Bertz CT molecular complexity index is 659. The molecule has 0 atom stereocenters. The van der Waals surface area contributed by atoms with Crippen molar-refractivity contribution in [3.05, 3.63) is 42.0 Å². The number of benzene rings is 1. The molecule has 2 saturated carbocycles. The summed E-state index contributed by atoms with van der Waals surface area (Å²) in [6.45, 7) is 5.26. The van der Waals surface area contributed by atoms with Crippen LogP contribution in [0, 0.1) is 29.6 Å². The Kier molecular flexibility index (Phi) is 9.20. The van der Waals surface area contributed by atoms with Crippen LogP contribution in [0.2, 0.25) is 0 Å². The normalized spacial score (nSPS) is 27.4. The molecule has 1 aromatic rings. The van der Waals surface area contributed by atoms with E-state index < -0.39 is 0 Å². The van der Waals surface area contributed by atoms with Crippen molar-refractivity contribution < 1.29 is 4.74 Å². The second-order valence-electron chi connectivity index (χ2n) is 9.18. The fourth-order valence-electron chi connectivity index (χ4n) is 5.05. The number of rotatable bonds is 7. The van der Waals surface area contributed by atoms with Crippen LogP contribution in [0.1, 0.15) is 96.0 Å². The Morgan fingerprint density at radius 1 is 0.897 bits per heavy atom. The first kappa shape index (κ1) is 22.0. The molecule has 0 aliphatic heterocycles. The van der Waals surface area contributed by atoms with Crippen LogP contribution in [0.25, 0.3) is 0 Å². The van der Waals surface area contributed by atoms with Gasteiger partial charge in [-0.15, -0.1) is 0 Å². The molecule has 1 aromatic carbocycles. The van der Waals surface area contributed by atoms with Crippen molar-refractivity contribution in [2.45, 2.75) is 90.4 Å². The predicted octanol–water partition coefficient (Wildman–Crippen LogP) is 7.92. The van der Waals surface area contributed by atoms with E-state index in [0.29, 0.717) is 11.8 Å². The quantitative estimate of drug-likeness (QED) is 0.428. The monoisotopic (exact) mass is 392 g/mol. The highest BCUT2D eigenvalue weighted by molar-refractivity contribution is 5.30. The Morgan fingerprint density at radius 2 is 1.62 bits per heavy atom. The zero-order valence-electron chi connectivity index (χ0n) is 18.7. The van der Waals surface area contributed by atoms with Crippen molar-refractivity contribution >= 4 is 0 Å². The van der Waals surface area contributed by atoms with E-state index in [1.54, 1.807) is 0 Å². The topological polar surface area (TPSA) is 9.23 Å². The highest BCUT2D eigenvalue weighted by Crippen LogP contribution is 2.36. The van der Waals surface area contributed by atoms with Gasteiger partial charge in [0.1, 0.15) is 5.75 Å². The van der Waals surface area contributed by atoms with Crippen LogP contribution in [0.4, 0.5) is 0 Å². The van der Waals surface area contributed by atoms with Gasteiger partial charge in [0.25, 0.3) is 0 Å². The lowest BCUT2D eigenvalue weighted by molar-refractivity contribution is 0.294. The molecule has 3 rings (SSSR count). The third kappa shape index (κ3) is 7.26. The summed E-state index contributed by atoms with van der Waals surface area (Å²) in [5, 5.41) is 0. The summed E-state index contributed by atoms with van der Waals surface area (Å²) in [6.07, 6.45) is 19.0. The molecule has 0 spiro atoms. The van der Waals surface area contributed by atoms with E-state index >= 15 is 0 Å². The fraction of sp³-hybridized carbons (Fsp3) is 0.643. The molecule has 2 fully saturated rings. The lowest BCUT2D eigenvalue weighted by Crippen LogP contribution is -2.12. The van der Waals surface area contributed by atoms with E-state index in [1.807, 2.05) is 0 Å². The minimum absolute atomic E-state index is 0.586. The Labute approximate surface area is 179 Å². The number of ether oxygens (including phenoxy) is 1. The smallest absolute Gasteiger partial charge is 0.119 e. The molecule has 0 amide bonds. The maximum Gasteiger partial charge on any atom is 0.119 e. The summed E-state index contributed by atoms with van der Waals surface area (Å²) in [6, 6.07) is 8.80. The van der Waals surface area contributed by atoms with Gasteiger partial charge in [0, 0.05) is 5.92 Å².